The highest BCUT2D eigenvalue weighted by molar-refractivity contribution is 9.42. The number of hydrogen-bond acceptors (Lipinski definition) is 5. The van der Waals surface area contributed by atoms with Crippen LogP contribution in [0.25, 0.3) is 0 Å². The molecule has 1 N–H and O–H groups in total. The van der Waals surface area contributed by atoms with Crippen LogP contribution in [0.3, 0.4) is 0 Å². The van der Waals surface area contributed by atoms with Crippen LogP contribution >= 0.6 is 47.8 Å². The number of nitrogens with zero attached hydrogens (tertiary/aromatic N) is 1. The molecule has 0 heterocycles. The molecule has 12 heteroatoms. The van der Waals surface area contributed by atoms with Crippen molar-refractivity contribution in [1.29, 1.82) is 0 Å². The monoisotopic (exact) mass is 555 g/mol. The second kappa shape index (κ2) is 7.48. The first-order chi connectivity index (χ1) is 10.3. The molecule has 0 saturated heterocycles. The predicted molar refractivity (Wildman–Crippen MR) is 96.5 cm³/mol. The number of halogens is 3. The molecule has 0 radical (unpaired) electrons. The number of alkyl halides is 3. The van der Waals surface area contributed by atoms with E-state index in [4.69, 9.17) is 4.55 Å². The molecule has 23 heavy (non-hydrogen) atoms. The normalized spacial score (nSPS) is 12.9. The maximum absolute atomic E-state index is 12.3. The van der Waals surface area contributed by atoms with Gasteiger partial charge in [0.2, 0.25) is 11.3 Å². The fourth-order valence-corrected chi connectivity index (χ4v) is 4.50. The summed E-state index contributed by atoms with van der Waals surface area (Å²) in [6.07, 6.45) is 0. The van der Waals surface area contributed by atoms with Crippen molar-refractivity contribution < 1.29 is 26.2 Å². The van der Waals surface area contributed by atoms with Gasteiger partial charge in [0, 0.05) is 19.2 Å². The van der Waals surface area contributed by atoms with Gasteiger partial charge in [0.1, 0.15) is 0 Å². The molecule has 1 aromatic rings. The Kier molecular flexibility index (Phi) is 6.84. The van der Waals surface area contributed by atoms with Crippen LogP contribution in [0.2, 0.25) is 0 Å². The summed E-state index contributed by atoms with van der Waals surface area (Å²) >= 11 is 8.79. The van der Waals surface area contributed by atoms with Crippen LogP contribution < -0.4 is 0 Å². The van der Waals surface area contributed by atoms with Gasteiger partial charge in [0.25, 0.3) is 16.0 Å². The van der Waals surface area contributed by atoms with Crippen molar-refractivity contribution in [2.24, 2.45) is 0 Å². The van der Waals surface area contributed by atoms with Gasteiger partial charge in [-0.15, -0.1) is 0 Å². The van der Waals surface area contributed by atoms with Crippen LogP contribution in [0.15, 0.2) is 29.2 Å². The van der Waals surface area contributed by atoms with E-state index in [2.05, 4.69) is 47.8 Å². The Labute approximate surface area is 159 Å². The number of carbonyl (C=O) groups is 1. The smallest absolute Gasteiger partial charge is 0.266 e. The quantitative estimate of drug-likeness (QED) is 0.439. The van der Waals surface area contributed by atoms with E-state index in [-0.39, 0.29) is 17.0 Å². The van der Waals surface area contributed by atoms with Gasteiger partial charge >= 0.3 is 0 Å². The van der Waals surface area contributed by atoms with Gasteiger partial charge in [-0.2, -0.15) is 8.42 Å². The number of carbonyl (C=O) groups excluding carboxylic acids is 1. The highest BCUT2D eigenvalue weighted by Crippen LogP contribution is 2.43. The highest BCUT2D eigenvalue weighted by atomic mass is 80.0. The number of sulfone groups is 1. The van der Waals surface area contributed by atoms with Crippen molar-refractivity contribution in [2.75, 3.05) is 19.3 Å². The molecule has 0 aromatic heterocycles. The lowest BCUT2D eigenvalue weighted by Crippen LogP contribution is -2.31. The van der Waals surface area contributed by atoms with E-state index in [1.165, 1.54) is 31.3 Å². The van der Waals surface area contributed by atoms with E-state index < -0.39 is 33.1 Å². The molecule has 0 saturated carbocycles. The molecule has 0 aliphatic heterocycles. The summed E-state index contributed by atoms with van der Waals surface area (Å²) in [5, 5.41) is 0. The zero-order valence-electron chi connectivity index (χ0n) is 11.6. The fraction of sp³-hybridized carbons (Fsp3) is 0.364. The molecule has 1 rings (SSSR count). The van der Waals surface area contributed by atoms with Crippen molar-refractivity contribution in [3.05, 3.63) is 29.8 Å². The molecule has 0 aliphatic rings. The summed E-state index contributed by atoms with van der Waals surface area (Å²) in [6, 6.07) is 5.31. The average Bonchev–Trinajstić information content (AvgIpc) is 2.42. The molecule has 1 aromatic carbocycles. The molecule has 130 valence electrons. The maximum Gasteiger partial charge on any atom is 0.266 e. The Morgan fingerprint density at radius 3 is 2.26 bits per heavy atom. The summed E-state index contributed by atoms with van der Waals surface area (Å²) < 4.78 is 53.1. The lowest BCUT2D eigenvalue weighted by atomic mass is 10.2. The molecular formula is C11H12Br3NO6S2. The Hall–Kier alpha value is -0.0100. The second-order valence-corrected chi connectivity index (χ2v) is 16.5. The Morgan fingerprint density at radius 2 is 1.78 bits per heavy atom. The largest absolute Gasteiger partial charge is 0.341 e. The highest BCUT2D eigenvalue weighted by Gasteiger charge is 2.37. The van der Waals surface area contributed by atoms with Gasteiger partial charge in [-0.1, -0.05) is 6.07 Å². The predicted octanol–water partition coefficient (Wildman–Crippen LogP) is 2.22. The summed E-state index contributed by atoms with van der Waals surface area (Å²) in [5.74, 6) is -1.18. The van der Waals surface area contributed by atoms with E-state index in [1.54, 1.807) is 0 Å². The molecule has 0 spiro atoms. The number of amides is 1. The summed E-state index contributed by atoms with van der Waals surface area (Å²) in [5.41, 5.74) is 0.0701. The molecule has 1 amide bonds. The van der Waals surface area contributed by atoms with Gasteiger partial charge in [-0.25, -0.2) is 8.42 Å². The lowest BCUT2D eigenvalue weighted by Gasteiger charge is -2.18. The first-order valence-corrected chi connectivity index (χ1v) is 11.3. The minimum absolute atomic E-state index is 0.0701. The third-order valence-electron chi connectivity index (χ3n) is 2.73. The summed E-state index contributed by atoms with van der Waals surface area (Å²) in [6.45, 7) is -0.228. The zero-order chi connectivity index (χ0) is 18.1. The minimum Gasteiger partial charge on any atom is -0.341 e. The van der Waals surface area contributed by atoms with Gasteiger partial charge < -0.3 is 4.90 Å². The van der Waals surface area contributed by atoms with Crippen molar-refractivity contribution in [3.63, 3.8) is 0 Å². The lowest BCUT2D eigenvalue weighted by molar-refractivity contribution is 0.0803. The second-order valence-electron chi connectivity index (χ2n) is 4.49. The third-order valence-corrected chi connectivity index (χ3v) is 8.75. The Morgan fingerprint density at radius 1 is 1.22 bits per heavy atom. The maximum atomic E-state index is 12.3. The van der Waals surface area contributed by atoms with E-state index >= 15 is 0 Å². The number of rotatable bonds is 5. The summed E-state index contributed by atoms with van der Waals surface area (Å²) in [7, 11) is -6.70. The average molecular weight is 558 g/mol. The van der Waals surface area contributed by atoms with Gasteiger partial charge in [-0.3, -0.25) is 9.35 Å². The molecule has 0 atom stereocenters. The van der Waals surface area contributed by atoms with Crippen LogP contribution in [0, 0.1) is 0 Å². The van der Waals surface area contributed by atoms with Crippen LogP contribution in [-0.2, 0) is 20.0 Å². The van der Waals surface area contributed by atoms with E-state index in [0.717, 1.165) is 4.90 Å². The first kappa shape index (κ1) is 21.0. The molecule has 0 bridgehead atoms. The topological polar surface area (TPSA) is 109 Å². The van der Waals surface area contributed by atoms with Crippen LogP contribution in [0.5, 0.6) is 0 Å². The van der Waals surface area contributed by atoms with E-state index in [0.29, 0.717) is 0 Å². The fourth-order valence-electron chi connectivity index (χ4n) is 1.50. The van der Waals surface area contributed by atoms with Crippen LogP contribution in [0.1, 0.15) is 10.4 Å². The van der Waals surface area contributed by atoms with Gasteiger partial charge in [0.05, 0.1) is 10.6 Å². The van der Waals surface area contributed by atoms with Crippen molar-refractivity contribution in [3.8, 4) is 0 Å². The van der Waals surface area contributed by atoms with E-state index in [9.17, 15) is 21.6 Å². The van der Waals surface area contributed by atoms with Crippen molar-refractivity contribution >= 4 is 73.7 Å². The molecule has 0 fully saturated rings. The van der Waals surface area contributed by atoms with Crippen LogP contribution in [0.4, 0.5) is 0 Å². The Bertz CT molecular complexity index is 801. The number of hydrogen-bond donors (Lipinski definition) is 1. The number of benzene rings is 1. The molecule has 7 nitrogen and oxygen atoms in total. The standard InChI is InChI=1S/C11H12Br3NO6S2/c1-15(5-6-22(17,18)19)10(16)8-3-2-4-9(7-8)23(20,21)11(12,13)14/h2-4,7H,5-6H2,1H3,(H,17,18,19). The zero-order valence-corrected chi connectivity index (χ0v) is 18.0. The Balaban J connectivity index is 3.08. The van der Waals surface area contributed by atoms with E-state index in [1.807, 2.05) is 0 Å². The molecule has 0 unspecified atom stereocenters. The first-order valence-electron chi connectivity index (χ1n) is 5.88. The third kappa shape index (κ3) is 5.78. The minimum atomic E-state index is -4.19. The molecule has 0 aliphatic carbocycles. The SMILES string of the molecule is CN(CCS(=O)(=O)O)C(=O)c1cccc(S(=O)(=O)C(Br)(Br)Br)c1. The van der Waals surface area contributed by atoms with Crippen molar-refractivity contribution in [1.82, 2.24) is 4.90 Å². The van der Waals surface area contributed by atoms with Gasteiger partial charge in [-0.05, 0) is 66.0 Å². The summed E-state index contributed by atoms with van der Waals surface area (Å²) in [4.78, 5) is 13.2. The van der Waals surface area contributed by atoms with Gasteiger partial charge in [0.15, 0.2) is 0 Å². The van der Waals surface area contributed by atoms with Crippen molar-refractivity contribution in [2.45, 2.75) is 6.37 Å². The molecular weight excluding hydrogens is 546 g/mol. The van der Waals surface area contributed by atoms with Crippen LogP contribution in [-0.4, -0.2) is 53.0 Å².